The van der Waals surface area contributed by atoms with E-state index in [1.54, 1.807) is 19.1 Å². The third-order valence-electron chi connectivity index (χ3n) is 3.25. The van der Waals surface area contributed by atoms with Crippen LogP contribution in [0.4, 0.5) is 8.78 Å². The normalized spacial score (nSPS) is 12.3. The molecule has 1 atom stereocenters. The summed E-state index contributed by atoms with van der Waals surface area (Å²) in [5.41, 5.74) is 1.61. The Kier molecular flexibility index (Phi) is 5.68. The lowest BCUT2D eigenvalue weighted by Crippen LogP contribution is -2.28. The van der Waals surface area contributed by atoms with Gasteiger partial charge in [0.15, 0.2) is 0 Å². The van der Waals surface area contributed by atoms with E-state index in [9.17, 15) is 18.7 Å². The number of hydrogen-bond donors (Lipinski definition) is 2. The molecule has 124 valence electrons. The Labute approximate surface area is 136 Å². The predicted octanol–water partition coefficient (Wildman–Crippen LogP) is 3.43. The molecule has 1 unspecified atom stereocenters. The molecule has 0 aliphatic carbocycles. The van der Waals surface area contributed by atoms with Gasteiger partial charge in [0.2, 0.25) is 0 Å². The minimum atomic E-state index is -2.99. The fraction of sp³-hybridized carbons (Fsp3) is 0.312. The second-order valence-electron chi connectivity index (χ2n) is 5.01. The minimum Gasteiger partial charge on any atom is -0.433 e. The Hall–Kier alpha value is -1.99. The molecule has 4 nitrogen and oxygen atoms in total. The summed E-state index contributed by atoms with van der Waals surface area (Å²) in [6.45, 7) is 0.544. The van der Waals surface area contributed by atoms with Crippen molar-refractivity contribution in [2.75, 3.05) is 6.54 Å². The summed E-state index contributed by atoms with van der Waals surface area (Å²) in [5.74, 6) is -0.697. The van der Waals surface area contributed by atoms with Crippen molar-refractivity contribution >= 4 is 17.2 Å². The van der Waals surface area contributed by atoms with E-state index < -0.39 is 18.6 Å². The fourth-order valence-electron chi connectivity index (χ4n) is 2.17. The van der Waals surface area contributed by atoms with Crippen LogP contribution in [0.3, 0.4) is 0 Å². The predicted molar refractivity (Wildman–Crippen MR) is 84.2 cm³/mol. The van der Waals surface area contributed by atoms with Crippen LogP contribution in [0.5, 0.6) is 5.75 Å². The molecule has 0 spiro atoms. The van der Waals surface area contributed by atoms with Crippen molar-refractivity contribution in [1.82, 2.24) is 5.32 Å². The maximum absolute atomic E-state index is 12.4. The zero-order valence-electron chi connectivity index (χ0n) is 12.7. The van der Waals surface area contributed by atoms with Crippen LogP contribution in [0.1, 0.15) is 31.8 Å². The summed E-state index contributed by atoms with van der Waals surface area (Å²) in [5, 5.41) is 12.7. The van der Waals surface area contributed by atoms with Crippen molar-refractivity contribution < 1.29 is 23.4 Å². The minimum absolute atomic E-state index is 0.0191. The molecule has 0 saturated heterocycles. The Morgan fingerprint density at radius 2 is 2.04 bits per heavy atom. The van der Waals surface area contributed by atoms with Crippen molar-refractivity contribution in [2.45, 2.75) is 26.6 Å². The first kappa shape index (κ1) is 17.4. The van der Waals surface area contributed by atoms with E-state index in [-0.39, 0.29) is 17.2 Å². The summed E-state index contributed by atoms with van der Waals surface area (Å²) in [6, 6.07) is 8.67. The van der Waals surface area contributed by atoms with Gasteiger partial charge in [0.25, 0.3) is 5.91 Å². The van der Waals surface area contributed by atoms with Gasteiger partial charge < -0.3 is 15.2 Å². The number of alkyl halides is 2. The summed E-state index contributed by atoms with van der Waals surface area (Å²) in [6.07, 6.45) is -0.874. The number of aliphatic hydroxyl groups excluding tert-OH is 1. The monoisotopic (exact) mass is 341 g/mol. The van der Waals surface area contributed by atoms with E-state index in [4.69, 9.17) is 0 Å². The van der Waals surface area contributed by atoms with Gasteiger partial charge in [-0.05, 0) is 31.0 Å². The Bertz CT molecular complexity index is 688. The molecular formula is C16H17F2NO3S. The number of aliphatic hydroxyl groups is 1. The molecule has 0 aliphatic rings. The Morgan fingerprint density at radius 3 is 2.70 bits per heavy atom. The highest BCUT2D eigenvalue weighted by Gasteiger charge is 2.20. The van der Waals surface area contributed by atoms with Crippen LogP contribution in [0.25, 0.3) is 0 Å². The first-order valence-corrected chi connectivity index (χ1v) is 7.77. The Balaban J connectivity index is 2.04. The van der Waals surface area contributed by atoms with Crippen LogP contribution in [0.2, 0.25) is 0 Å². The quantitative estimate of drug-likeness (QED) is 0.846. The highest BCUT2D eigenvalue weighted by Crippen LogP contribution is 2.30. The number of carbonyl (C=O) groups is 1. The molecule has 0 bridgehead atoms. The van der Waals surface area contributed by atoms with Gasteiger partial charge in [0.1, 0.15) is 10.6 Å². The molecule has 1 amide bonds. The molecule has 1 heterocycles. The number of thiophene rings is 1. The lowest BCUT2D eigenvalue weighted by molar-refractivity contribution is -0.0498. The van der Waals surface area contributed by atoms with Crippen LogP contribution in [-0.4, -0.2) is 24.2 Å². The second-order valence-corrected chi connectivity index (χ2v) is 6.27. The van der Waals surface area contributed by atoms with Crippen LogP contribution < -0.4 is 10.1 Å². The molecule has 0 radical (unpaired) electrons. The molecule has 0 saturated carbocycles. The number of nitrogens with one attached hydrogen (secondary N) is 1. The number of amides is 1. The number of aryl methyl sites for hydroxylation is 2. The molecule has 2 N–H and O–H groups in total. The first-order valence-electron chi connectivity index (χ1n) is 6.95. The number of halogens is 2. The standard InChI is InChI=1S/C16H17F2NO3S/c1-9-5-3-4-6-11(9)12(20)8-19-15(21)14-13(22-16(17)18)7-10(2)23-14/h3-7,12,16,20H,8H2,1-2H3,(H,19,21). The third kappa shape index (κ3) is 4.49. The zero-order valence-corrected chi connectivity index (χ0v) is 13.5. The van der Waals surface area contributed by atoms with Crippen molar-refractivity contribution in [2.24, 2.45) is 0 Å². The van der Waals surface area contributed by atoms with Gasteiger partial charge in [-0.1, -0.05) is 24.3 Å². The molecule has 0 aliphatic heterocycles. The maximum Gasteiger partial charge on any atom is 0.387 e. The number of rotatable bonds is 6. The molecular weight excluding hydrogens is 324 g/mol. The van der Waals surface area contributed by atoms with Gasteiger partial charge in [0, 0.05) is 11.4 Å². The van der Waals surface area contributed by atoms with Crippen LogP contribution in [0, 0.1) is 13.8 Å². The summed E-state index contributed by atoms with van der Waals surface area (Å²) in [7, 11) is 0. The smallest absolute Gasteiger partial charge is 0.387 e. The summed E-state index contributed by atoms with van der Waals surface area (Å²) in [4.78, 5) is 12.9. The largest absolute Gasteiger partial charge is 0.433 e. The van der Waals surface area contributed by atoms with Crippen molar-refractivity contribution in [3.05, 3.63) is 51.2 Å². The highest BCUT2D eigenvalue weighted by molar-refractivity contribution is 7.14. The molecule has 1 aromatic heterocycles. The van der Waals surface area contributed by atoms with E-state index in [1.165, 1.54) is 6.07 Å². The average Bonchev–Trinajstić information content (AvgIpc) is 2.84. The molecule has 0 fully saturated rings. The number of benzene rings is 1. The average molecular weight is 341 g/mol. The molecule has 2 aromatic rings. The van der Waals surface area contributed by atoms with Gasteiger partial charge in [-0.2, -0.15) is 8.78 Å². The van der Waals surface area contributed by atoms with Crippen molar-refractivity contribution in [1.29, 1.82) is 0 Å². The molecule has 2 rings (SSSR count). The van der Waals surface area contributed by atoms with Crippen LogP contribution >= 0.6 is 11.3 Å². The van der Waals surface area contributed by atoms with Gasteiger partial charge in [-0.25, -0.2) is 0 Å². The highest BCUT2D eigenvalue weighted by atomic mass is 32.1. The van der Waals surface area contributed by atoms with Gasteiger partial charge in [0.05, 0.1) is 6.10 Å². The van der Waals surface area contributed by atoms with Gasteiger partial charge >= 0.3 is 6.61 Å². The number of ether oxygens (including phenoxy) is 1. The molecule has 7 heteroatoms. The van der Waals surface area contributed by atoms with Gasteiger partial charge in [-0.3, -0.25) is 4.79 Å². The van der Waals surface area contributed by atoms with Crippen LogP contribution in [-0.2, 0) is 0 Å². The first-order chi connectivity index (χ1) is 10.9. The van der Waals surface area contributed by atoms with E-state index in [0.29, 0.717) is 10.4 Å². The van der Waals surface area contributed by atoms with E-state index >= 15 is 0 Å². The molecule has 1 aromatic carbocycles. The van der Waals surface area contributed by atoms with Crippen molar-refractivity contribution in [3.8, 4) is 5.75 Å². The maximum atomic E-state index is 12.4. The zero-order chi connectivity index (χ0) is 17.0. The lowest BCUT2D eigenvalue weighted by Gasteiger charge is -2.14. The van der Waals surface area contributed by atoms with E-state index in [2.05, 4.69) is 10.1 Å². The van der Waals surface area contributed by atoms with E-state index in [1.807, 2.05) is 19.1 Å². The fourth-order valence-corrected chi connectivity index (χ4v) is 3.03. The topological polar surface area (TPSA) is 58.6 Å². The Morgan fingerprint density at radius 1 is 1.35 bits per heavy atom. The lowest BCUT2D eigenvalue weighted by atomic mass is 10.0. The number of hydrogen-bond acceptors (Lipinski definition) is 4. The third-order valence-corrected chi connectivity index (χ3v) is 4.28. The van der Waals surface area contributed by atoms with Gasteiger partial charge in [-0.15, -0.1) is 11.3 Å². The van der Waals surface area contributed by atoms with Crippen LogP contribution in [0.15, 0.2) is 30.3 Å². The van der Waals surface area contributed by atoms with Crippen molar-refractivity contribution in [3.63, 3.8) is 0 Å². The summed E-state index contributed by atoms with van der Waals surface area (Å²) >= 11 is 1.06. The number of carbonyl (C=O) groups excluding carboxylic acids is 1. The summed E-state index contributed by atoms with van der Waals surface area (Å²) < 4.78 is 29.1. The second kappa shape index (κ2) is 7.52. The molecule has 23 heavy (non-hydrogen) atoms. The SMILES string of the molecule is Cc1cc(OC(F)F)c(C(=O)NCC(O)c2ccccc2C)s1. The van der Waals surface area contributed by atoms with E-state index in [0.717, 1.165) is 16.9 Å².